The summed E-state index contributed by atoms with van der Waals surface area (Å²) in [5, 5.41) is 10.9. The lowest BCUT2D eigenvalue weighted by atomic mass is 9.99. The van der Waals surface area contributed by atoms with E-state index in [1.165, 1.54) is 13.0 Å². The third-order valence-corrected chi connectivity index (χ3v) is 5.63. The molecule has 0 radical (unpaired) electrons. The molecule has 1 aromatic carbocycles. The molecule has 6 nitrogen and oxygen atoms in total. The zero-order valence-corrected chi connectivity index (χ0v) is 13.7. The zero-order chi connectivity index (χ0) is 18.1. The number of nitrogens with zero attached hydrogens (tertiary/aromatic N) is 1. The summed E-state index contributed by atoms with van der Waals surface area (Å²) in [6.07, 6.45) is -2.90. The average molecular weight is 366 g/mol. The Hall–Kier alpha value is -1.68. The van der Waals surface area contributed by atoms with E-state index in [9.17, 15) is 31.7 Å². The van der Waals surface area contributed by atoms with Crippen molar-refractivity contribution in [2.24, 2.45) is 5.92 Å². The Labute approximate surface area is 137 Å². The Morgan fingerprint density at radius 1 is 1.29 bits per heavy atom. The number of nitrogens with one attached hydrogen (secondary N) is 1. The fourth-order valence-corrected chi connectivity index (χ4v) is 4.22. The van der Waals surface area contributed by atoms with Gasteiger partial charge in [0.05, 0.1) is 9.82 Å². The van der Waals surface area contributed by atoms with Gasteiger partial charge in [0.25, 0.3) is 5.69 Å². The SMILES string of the molecule is Cc1ccc(S(=O)(=O)NC(C2CCCC2)C(F)(F)F)cc1[N+](=O)[O-]. The first-order valence-corrected chi connectivity index (χ1v) is 8.85. The molecule has 0 spiro atoms. The predicted molar refractivity (Wildman–Crippen MR) is 80.0 cm³/mol. The average Bonchev–Trinajstić information content (AvgIpc) is 2.97. The monoisotopic (exact) mass is 366 g/mol. The van der Waals surface area contributed by atoms with Crippen molar-refractivity contribution in [1.29, 1.82) is 0 Å². The summed E-state index contributed by atoms with van der Waals surface area (Å²) in [7, 11) is -4.53. The van der Waals surface area contributed by atoms with E-state index < -0.39 is 43.7 Å². The van der Waals surface area contributed by atoms with Crippen LogP contribution in [0.15, 0.2) is 23.1 Å². The minimum atomic E-state index is -4.72. The lowest BCUT2D eigenvalue weighted by Crippen LogP contribution is -2.49. The van der Waals surface area contributed by atoms with E-state index in [1.54, 1.807) is 4.72 Å². The summed E-state index contributed by atoms with van der Waals surface area (Å²) in [6, 6.07) is 0.850. The molecule has 1 fully saturated rings. The van der Waals surface area contributed by atoms with E-state index in [2.05, 4.69) is 0 Å². The lowest BCUT2D eigenvalue weighted by molar-refractivity contribution is -0.385. The van der Waals surface area contributed by atoms with Gasteiger partial charge in [-0.1, -0.05) is 18.9 Å². The molecule has 1 aromatic rings. The molecule has 1 N–H and O–H groups in total. The van der Waals surface area contributed by atoms with Crippen LogP contribution in [0.3, 0.4) is 0 Å². The van der Waals surface area contributed by atoms with Crippen molar-refractivity contribution >= 4 is 15.7 Å². The minimum absolute atomic E-state index is 0.224. The molecule has 1 saturated carbocycles. The molecule has 0 heterocycles. The minimum Gasteiger partial charge on any atom is -0.258 e. The second-order valence-electron chi connectivity index (χ2n) is 5.89. The summed E-state index contributed by atoms with van der Waals surface area (Å²) in [5.74, 6) is -0.819. The summed E-state index contributed by atoms with van der Waals surface area (Å²) in [4.78, 5) is 9.58. The first-order valence-electron chi connectivity index (χ1n) is 7.36. The van der Waals surface area contributed by atoms with Crippen molar-refractivity contribution < 1.29 is 26.5 Å². The molecule has 134 valence electrons. The number of nitro groups is 1. The molecular formula is C14H17F3N2O4S. The molecular weight excluding hydrogens is 349 g/mol. The highest BCUT2D eigenvalue weighted by Gasteiger charge is 2.47. The van der Waals surface area contributed by atoms with Gasteiger partial charge in [-0.15, -0.1) is 0 Å². The fraction of sp³-hybridized carbons (Fsp3) is 0.571. The standard InChI is InChI=1S/C14H17F3N2O4S/c1-9-6-7-11(8-12(9)19(20)21)24(22,23)18-13(14(15,16)17)10-4-2-3-5-10/h6-8,10,13,18H,2-5H2,1H3. The van der Waals surface area contributed by atoms with E-state index in [1.807, 2.05) is 0 Å². The van der Waals surface area contributed by atoms with Crippen LogP contribution in [0.4, 0.5) is 18.9 Å². The number of nitro benzene ring substituents is 1. The van der Waals surface area contributed by atoms with Gasteiger partial charge in [-0.25, -0.2) is 8.42 Å². The third kappa shape index (κ3) is 4.04. The van der Waals surface area contributed by atoms with Gasteiger partial charge in [-0.3, -0.25) is 10.1 Å². The molecule has 0 aliphatic heterocycles. The topological polar surface area (TPSA) is 89.3 Å². The van der Waals surface area contributed by atoms with E-state index in [0.29, 0.717) is 25.7 Å². The Kier molecular flexibility index (Phi) is 5.19. The largest absolute Gasteiger partial charge is 0.405 e. The smallest absolute Gasteiger partial charge is 0.258 e. The van der Waals surface area contributed by atoms with Crippen LogP contribution in [0.5, 0.6) is 0 Å². The number of hydrogen-bond acceptors (Lipinski definition) is 4. The fourth-order valence-electron chi connectivity index (χ4n) is 2.91. The zero-order valence-electron chi connectivity index (χ0n) is 12.8. The Bertz CT molecular complexity index is 728. The van der Waals surface area contributed by atoms with Gasteiger partial charge in [0.1, 0.15) is 6.04 Å². The first-order chi connectivity index (χ1) is 11.0. The highest BCUT2D eigenvalue weighted by Crippen LogP contribution is 2.36. The van der Waals surface area contributed by atoms with Crippen LogP contribution < -0.4 is 4.72 Å². The number of sulfonamides is 1. The molecule has 2 rings (SSSR count). The number of hydrogen-bond donors (Lipinski definition) is 1. The summed E-state index contributed by atoms with van der Waals surface area (Å²) in [6.45, 7) is 1.42. The summed E-state index contributed by atoms with van der Waals surface area (Å²) >= 11 is 0. The van der Waals surface area contributed by atoms with Gasteiger partial charge in [-0.2, -0.15) is 17.9 Å². The lowest BCUT2D eigenvalue weighted by Gasteiger charge is -2.26. The molecule has 1 unspecified atom stereocenters. The first kappa shape index (κ1) is 18.7. The maximum atomic E-state index is 13.3. The van der Waals surface area contributed by atoms with Crippen LogP contribution in [-0.4, -0.2) is 25.6 Å². The van der Waals surface area contributed by atoms with Gasteiger partial charge in [0.15, 0.2) is 0 Å². The van der Waals surface area contributed by atoms with Crippen molar-refractivity contribution in [3.8, 4) is 0 Å². The van der Waals surface area contributed by atoms with Crippen LogP contribution in [0, 0.1) is 23.0 Å². The molecule has 1 atom stereocenters. The Balaban J connectivity index is 2.35. The number of halogens is 3. The molecule has 24 heavy (non-hydrogen) atoms. The number of benzene rings is 1. The maximum absolute atomic E-state index is 13.3. The third-order valence-electron chi connectivity index (χ3n) is 4.19. The van der Waals surface area contributed by atoms with Crippen LogP contribution in [-0.2, 0) is 10.0 Å². The van der Waals surface area contributed by atoms with Gasteiger partial charge >= 0.3 is 6.18 Å². The second kappa shape index (κ2) is 6.67. The van der Waals surface area contributed by atoms with E-state index in [4.69, 9.17) is 0 Å². The van der Waals surface area contributed by atoms with Crippen LogP contribution in [0.2, 0.25) is 0 Å². The molecule has 0 bridgehead atoms. The molecule has 1 aliphatic rings. The summed E-state index contributed by atoms with van der Waals surface area (Å²) in [5.41, 5.74) is -0.232. The van der Waals surface area contributed by atoms with Crippen molar-refractivity contribution in [3.05, 3.63) is 33.9 Å². The van der Waals surface area contributed by atoms with Crippen LogP contribution in [0.25, 0.3) is 0 Å². The summed E-state index contributed by atoms with van der Waals surface area (Å²) < 4.78 is 66.1. The van der Waals surface area contributed by atoms with Gasteiger partial charge in [0.2, 0.25) is 10.0 Å². The van der Waals surface area contributed by atoms with E-state index in [-0.39, 0.29) is 5.56 Å². The molecule has 10 heteroatoms. The predicted octanol–water partition coefficient (Wildman–Crippen LogP) is 3.30. The maximum Gasteiger partial charge on any atom is 0.405 e. The molecule has 0 saturated heterocycles. The van der Waals surface area contributed by atoms with Gasteiger partial charge < -0.3 is 0 Å². The number of rotatable bonds is 5. The van der Waals surface area contributed by atoms with Gasteiger partial charge in [-0.05, 0) is 31.7 Å². The quantitative estimate of drug-likeness (QED) is 0.640. The normalized spacial score (nSPS) is 17.8. The number of alkyl halides is 3. The van der Waals surface area contributed by atoms with Crippen molar-refractivity contribution in [3.63, 3.8) is 0 Å². The Morgan fingerprint density at radius 2 is 1.88 bits per heavy atom. The highest BCUT2D eigenvalue weighted by molar-refractivity contribution is 7.89. The molecule has 0 amide bonds. The highest BCUT2D eigenvalue weighted by atomic mass is 32.2. The van der Waals surface area contributed by atoms with Crippen molar-refractivity contribution in [2.75, 3.05) is 0 Å². The molecule has 0 aromatic heterocycles. The number of aryl methyl sites for hydroxylation is 1. The van der Waals surface area contributed by atoms with Gasteiger partial charge in [0, 0.05) is 11.6 Å². The Morgan fingerprint density at radius 3 is 2.38 bits per heavy atom. The van der Waals surface area contributed by atoms with Crippen LogP contribution in [0.1, 0.15) is 31.2 Å². The van der Waals surface area contributed by atoms with Crippen molar-refractivity contribution in [2.45, 2.75) is 49.7 Å². The molecule has 1 aliphatic carbocycles. The second-order valence-corrected chi connectivity index (χ2v) is 7.60. The van der Waals surface area contributed by atoms with E-state index in [0.717, 1.165) is 12.1 Å². The van der Waals surface area contributed by atoms with E-state index >= 15 is 0 Å². The van der Waals surface area contributed by atoms with Crippen molar-refractivity contribution in [1.82, 2.24) is 4.72 Å². The van der Waals surface area contributed by atoms with Crippen LogP contribution >= 0.6 is 0 Å².